The average Bonchev–Trinajstić information content (AvgIpc) is 3.02. The molecule has 2 aromatic carbocycles. The number of unbranched alkanes of at least 4 members (excludes halogenated alkanes) is 2. The van der Waals surface area contributed by atoms with Gasteiger partial charge in [0.1, 0.15) is 11.6 Å². The van der Waals surface area contributed by atoms with Crippen LogP contribution in [0.3, 0.4) is 0 Å². The highest BCUT2D eigenvalue weighted by Crippen LogP contribution is 2.17. The van der Waals surface area contributed by atoms with Gasteiger partial charge in [0.05, 0.1) is 16.6 Å². The lowest BCUT2D eigenvalue weighted by Gasteiger charge is -2.07. The number of amides is 1. The van der Waals surface area contributed by atoms with Crippen LogP contribution in [-0.2, 0) is 13.0 Å². The molecule has 0 bridgehead atoms. The van der Waals surface area contributed by atoms with Crippen LogP contribution in [0.5, 0.6) is 0 Å². The maximum atomic E-state index is 13.5. The summed E-state index contributed by atoms with van der Waals surface area (Å²) in [5.74, 6) is 0.281. The quantitative estimate of drug-likeness (QED) is 0.613. The van der Waals surface area contributed by atoms with Gasteiger partial charge in [0.2, 0.25) is 0 Å². The molecule has 0 radical (unpaired) electrons. The summed E-state index contributed by atoms with van der Waals surface area (Å²) in [6.07, 6.45) is 3.79. The molecule has 3 rings (SSSR count). The molecule has 26 heavy (non-hydrogen) atoms. The molecule has 1 aromatic heterocycles. The number of fused-ring (bicyclic) bond motifs is 1. The zero-order valence-corrected chi connectivity index (χ0v) is 15.0. The van der Waals surface area contributed by atoms with Crippen molar-refractivity contribution in [1.29, 1.82) is 0 Å². The van der Waals surface area contributed by atoms with Gasteiger partial charge in [0.25, 0.3) is 5.91 Å². The number of nitrogens with one attached hydrogen (secondary N) is 1. The zero-order chi connectivity index (χ0) is 18.4. The van der Waals surface area contributed by atoms with Gasteiger partial charge in [-0.1, -0.05) is 30.7 Å². The maximum absolute atomic E-state index is 13.5. The Balaban J connectivity index is 1.44. The Morgan fingerprint density at radius 2 is 1.85 bits per heavy atom. The van der Waals surface area contributed by atoms with E-state index >= 15 is 0 Å². The molecule has 0 unspecified atom stereocenters. The van der Waals surface area contributed by atoms with Crippen molar-refractivity contribution in [3.8, 4) is 0 Å². The van der Waals surface area contributed by atoms with Crippen molar-refractivity contribution in [1.82, 2.24) is 14.9 Å². The lowest BCUT2D eigenvalue weighted by molar-refractivity contribution is 0.0949. The van der Waals surface area contributed by atoms with Crippen LogP contribution in [0.1, 0.15) is 42.4 Å². The molecule has 0 aliphatic heterocycles. The summed E-state index contributed by atoms with van der Waals surface area (Å²) < 4.78 is 15.8. The second-order valence-electron chi connectivity index (χ2n) is 6.31. The highest BCUT2D eigenvalue weighted by molar-refractivity contribution is 5.94. The molecule has 0 saturated heterocycles. The van der Waals surface area contributed by atoms with Gasteiger partial charge in [-0.3, -0.25) is 4.79 Å². The molecule has 3 aromatic rings. The van der Waals surface area contributed by atoms with Crippen molar-refractivity contribution >= 4 is 16.9 Å². The molecule has 0 fully saturated rings. The van der Waals surface area contributed by atoms with Crippen LogP contribution < -0.4 is 5.32 Å². The number of imidazole rings is 1. The Morgan fingerprint density at radius 1 is 1.08 bits per heavy atom. The first-order chi connectivity index (χ1) is 12.7. The van der Waals surface area contributed by atoms with Crippen LogP contribution in [0.15, 0.2) is 48.5 Å². The Morgan fingerprint density at radius 3 is 2.65 bits per heavy atom. The van der Waals surface area contributed by atoms with Crippen molar-refractivity contribution in [2.24, 2.45) is 0 Å². The van der Waals surface area contributed by atoms with Crippen LogP contribution in [0, 0.1) is 5.82 Å². The molecule has 1 amide bonds. The molecule has 0 atom stereocenters. The maximum Gasteiger partial charge on any atom is 0.254 e. The standard InChI is InChI=1S/C21H24FN3O/c1-2-25-19-13-8-7-12-18(19)24-20(25)14-4-3-9-15-23-21(26)16-10-5-6-11-17(16)22/h5-8,10-13H,2-4,9,14-15H2,1H3,(H,23,26). The fourth-order valence-corrected chi connectivity index (χ4v) is 3.20. The van der Waals surface area contributed by atoms with Crippen LogP contribution >= 0.6 is 0 Å². The number of para-hydroxylation sites is 2. The van der Waals surface area contributed by atoms with Gasteiger partial charge < -0.3 is 9.88 Å². The van der Waals surface area contributed by atoms with Crippen LogP contribution in [0.4, 0.5) is 4.39 Å². The third-order valence-corrected chi connectivity index (χ3v) is 4.53. The van der Waals surface area contributed by atoms with E-state index in [-0.39, 0.29) is 11.5 Å². The number of halogens is 1. The Bertz CT molecular complexity index is 888. The van der Waals surface area contributed by atoms with E-state index in [1.807, 2.05) is 18.2 Å². The molecule has 0 spiro atoms. The SMILES string of the molecule is CCn1c(CCCCCNC(=O)c2ccccc2F)nc2ccccc21. The van der Waals surface area contributed by atoms with Gasteiger partial charge in [0, 0.05) is 19.5 Å². The first kappa shape index (κ1) is 18.1. The summed E-state index contributed by atoms with van der Waals surface area (Å²) in [6, 6.07) is 14.2. The van der Waals surface area contributed by atoms with Gasteiger partial charge in [0.15, 0.2) is 0 Å². The smallest absolute Gasteiger partial charge is 0.254 e. The van der Waals surface area contributed by atoms with Crippen LogP contribution in [0.25, 0.3) is 11.0 Å². The van der Waals surface area contributed by atoms with Crippen molar-refractivity contribution in [3.63, 3.8) is 0 Å². The van der Waals surface area contributed by atoms with Gasteiger partial charge in [-0.05, 0) is 44.0 Å². The molecule has 0 aliphatic carbocycles. The van der Waals surface area contributed by atoms with Crippen LogP contribution in [0.2, 0.25) is 0 Å². The summed E-state index contributed by atoms with van der Waals surface area (Å²) >= 11 is 0. The molecule has 0 aliphatic rings. The number of hydrogen-bond donors (Lipinski definition) is 1. The normalized spacial score (nSPS) is 11.0. The van der Waals surface area contributed by atoms with E-state index in [1.165, 1.54) is 17.6 Å². The van der Waals surface area contributed by atoms with E-state index in [0.29, 0.717) is 6.54 Å². The number of aromatic nitrogens is 2. The number of carbonyl (C=O) groups excluding carboxylic acids is 1. The van der Waals surface area contributed by atoms with Crippen molar-refractivity contribution in [3.05, 3.63) is 65.7 Å². The largest absolute Gasteiger partial charge is 0.352 e. The van der Waals surface area contributed by atoms with E-state index in [0.717, 1.165) is 43.6 Å². The Kier molecular flexibility index (Phi) is 6.00. The van der Waals surface area contributed by atoms with E-state index < -0.39 is 5.82 Å². The number of hydrogen-bond acceptors (Lipinski definition) is 2. The first-order valence-corrected chi connectivity index (χ1v) is 9.17. The van der Waals surface area contributed by atoms with E-state index in [4.69, 9.17) is 4.98 Å². The Labute approximate surface area is 153 Å². The second-order valence-corrected chi connectivity index (χ2v) is 6.31. The van der Waals surface area contributed by atoms with Crippen molar-refractivity contribution in [2.45, 2.75) is 39.2 Å². The first-order valence-electron chi connectivity index (χ1n) is 9.17. The summed E-state index contributed by atoms with van der Waals surface area (Å²) in [4.78, 5) is 16.7. The summed E-state index contributed by atoms with van der Waals surface area (Å²) in [6.45, 7) is 3.60. The molecule has 4 nitrogen and oxygen atoms in total. The minimum Gasteiger partial charge on any atom is -0.352 e. The molecule has 136 valence electrons. The monoisotopic (exact) mass is 353 g/mol. The fraction of sp³-hybridized carbons (Fsp3) is 0.333. The van der Waals surface area contributed by atoms with Gasteiger partial charge in [-0.25, -0.2) is 9.37 Å². The molecular formula is C21H24FN3O. The molecule has 1 heterocycles. The molecule has 1 N–H and O–H groups in total. The third kappa shape index (κ3) is 4.10. The molecule has 0 saturated carbocycles. The van der Waals surface area contributed by atoms with E-state index in [1.54, 1.807) is 12.1 Å². The summed E-state index contributed by atoms with van der Waals surface area (Å²) in [7, 11) is 0. The predicted octanol–water partition coefficient (Wildman–Crippen LogP) is 4.34. The minimum absolute atomic E-state index is 0.101. The average molecular weight is 353 g/mol. The zero-order valence-electron chi connectivity index (χ0n) is 15.0. The number of nitrogens with zero attached hydrogens (tertiary/aromatic N) is 2. The van der Waals surface area contributed by atoms with Crippen molar-refractivity contribution < 1.29 is 9.18 Å². The molecular weight excluding hydrogens is 329 g/mol. The minimum atomic E-state index is -0.483. The number of aryl methyl sites for hydroxylation is 2. The lowest BCUT2D eigenvalue weighted by atomic mass is 10.1. The van der Waals surface area contributed by atoms with Gasteiger partial charge >= 0.3 is 0 Å². The highest BCUT2D eigenvalue weighted by Gasteiger charge is 2.10. The lowest BCUT2D eigenvalue weighted by Crippen LogP contribution is -2.25. The second kappa shape index (κ2) is 8.61. The predicted molar refractivity (Wildman–Crippen MR) is 102 cm³/mol. The van der Waals surface area contributed by atoms with E-state index in [9.17, 15) is 9.18 Å². The highest BCUT2D eigenvalue weighted by atomic mass is 19.1. The number of benzene rings is 2. The summed E-state index contributed by atoms with van der Waals surface area (Å²) in [5.41, 5.74) is 2.33. The van der Waals surface area contributed by atoms with Crippen molar-refractivity contribution in [2.75, 3.05) is 6.54 Å². The van der Waals surface area contributed by atoms with Gasteiger partial charge in [-0.15, -0.1) is 0 Å². The Hall–Kier alpha value is -2.69. The third-order valence-electron chi connectivity index (χ3n) is 4.53. The molecule has 5 heteroatoms. The van der Waals surface area contributed by atoms with E-state index in [2.05, 4.69) is 22.9 Å². The van der Waals surface area contributed by atoms with Crippen LogP contribution in [-0.4, -0.2) is 22.0 Å². The topological polar surface area (TPSA) is 46.9 Å². The summed E-state index contributed by atoms with van der Waals surface area (Å²) in [5, 5.41) is 2.78. The number of rotatable bonds is 8. The fourth-order valence-electron chi connectivity index (χ4n) is 3.20. The van der Waals surface area contributed by atoms with Gasteiger partial charge in [-0.2, -0.15) is 0 Å². The number of carbonyl (C=O) groups is 1.